The maximum absolute atomic E-state index is 13.7. The molecule has 1 amide bonds. The lowest BCUT2D eigenvalue weighted by atomic mass is 9.84. The summed E-state index contributed by atoms with van der Waals surface area (Å²) in [5, 5.41) is 10.4. The van der Waals surface area contributed by atoms with E-state index in [0.29, 0.717) is 31.0 Å². The summed E-state index contributed by atoms with van der Waals surface area (Å²) in [6, 6.07) is 5.40. The van der Waals surface area contributed by atoms with E-state index >= 15 is 0 Å². The van der Waals surface area contributed by atoms with Crippen molar-refractivity contribution in [3.63, 3.8) is 0 Å². The van der Waals surface area contributed by atoms with Crippen LogP contribution in [0.5, 0.6) is 11.5 Å². The first kappa shape index (κ1) is 28.9. The molecule has 0 spiro atoms. The highest BCUT2D eigenvalue weighted by Gasteiger charge is 2.47. The van der Waals surface area contributed by atoms with Crippen molar-refractivity contribution in [1.82, 2.24) is 24.3 Å². The van der Waals surface area contributed by atoms with Gasteiger partial charge < -0.3 is 28.9 Å². The first-order valence-electron chi connectivity index (χ1n) is 14.1. The number of benzene rings is 1. The van der Waals surface area contributed by atoms with Crippen LogP contribution >= 0.6 is 0 Å². The van der Waals surface area contributed by atoms with E-state index in [9.17, 15) is 14.7 Å². The Kier molecular flexibility index (Phi) is 10.2. The quantitative estimate of drug-likeness (QED) is 0.343. The molecule has 0 bridgehead atoms. The molecule has 0 aliphatic carbocycles. The van der Waals surface area contributed by atoms with E-state index in [2.05, 4.69) is 35.8 Å². The van der Waals surface area contributed by atoms with Gasteiger partial charge in [0.1, 0.15) is 0 Å². The van der Waals surface area contributed by atoms with Gasteiger partial charge in [0.05, 0.1) is 18.8 Å². The fourth-order valence-corrected chi connectivity index (χ4v) is 5.75. The third-order valence-corrected chi connectivity index (χ3v) is 7.86. The minimum Gasteiger partial charge on any atom is -0.481 e. The summed E-state index contributed by atoms with van der Waals surface area (Å²) in [6.45, 7) is 6.12. The predicted molar refractivity (Wildman–Crippen MR) is 148 cm³/mol. The molecular formula is C29H43N5O5. The number of hydrogen-bond donors (Lipinski definition) is 1. The van der Waals surface area contributed by atoms with Crippen molar-refractivity contribution in [2.45, 2.75) is 57.5 Å². The molecular weight excluding hydrogens is 498 g/mol. The van der Waals surface area contributed by atoms with Crippen molar-refractivity contribution in [1.29, 1.82) is 0 Å². The Morgan fingerprint density at radius 1 is 1.10 bits per heavy atom. The highest BCUT2D eigenvalue weighted by atomic mass is 16.7. The Balaban J connectivity index is 1.53. The van der Waals surface area contributed by atoms with Crippen molar-refractivity contribution in [3.05, 3.63) is 42.5 Å². The lowest BCUT2D eigenvalue weighted by Crippen LogP contribution is -2.45. The maximum atomic E-state index is 13.7. The number of rotatable bonds is 15. The van der Waals surface area contributed by atoms with Gasteiger partial charge in [-0.05, 0) is 64.0 Å². The third-order valence-electron chi connectivity index (χ3n) is 7.86. The summed E-state index contributed by atoms with van der Waals surface area (Å²) in [4.78, 5) is 36.8. The summed E-state index contributed by atoms with van der Waals surface area (Å²) >= 11 is 0. The van der Waals surface area contributed by atoms with Gasteiger partial charge in [-0.3, -0.25) is 14.5 Å². The van der Waals surface area contributed by atoms with Crippen molar-refractivity contribution >= 4 is 11.9 Å². The molecule has 1 fully saturated rings. The van der Waals surface area contributed by atoms with Crippen LogP contribution in [0.3, 0.4) is 0 Å². The second-order valence-electron chi connectivity index (χ2n) is 10.9. The van der Waals surface area contributed by atoms with Gasteiger partial charge in [0.2, 0.25) is 12.7 Å². The number of hydrogen-bond acceptors (Lipinski definition) is 7. The molecule has 1 saturated heterocycles. The second kappa shape index (κ2) is 13.8. The molecule has 1 N–H and O–H groups in total. The van der Waals surface area contributed by atoms with E-state index < -0.39 is 11.9 Å². The zero-order valence-electron chi connectivity index (χ0n) is 23.5. The molecule has 214 valence electrons. The van der Waals surface area contributed by atoms with Crippen LogP contribution in [0.1, 0.15) is 50.5 Å². The molecule has 3 heterocycles. The van der Waals surface area contributed by atoms with Crippen molar-refractivity contribution in [3.8, 4) is 11.5 Å². The zero-order chi connectivity index (χ0) is 27.8. The second-order valence-corrected chi connectivity index (χ2v) is 10.9. The minimum absolute atomic E-state index is 0.0800. The van der Waals surface area contributed by atoms with Crippen LogP contribution in [0, 0.1) is 5.92 Å². The average Bonchev–Trinajstić information content (AvgIpc) is 3.66. The highest BCUT2D eigenvalue weighted by Crippen LogP contribution is 2.42. The first-order valence-corrected chi connectivity index (χ1v) is 14.1. The zero-order valence-corrected chi connectivity index (χ0v) is 23.5. The maximum Gasteiger partial charge on any atom is 0.308 e. The SMILES string of the molecule is CCCCN(CCCCN(C)C)C(=O)CN1C[C@H](c2ccc3c(c2)OCO3)[C@@H](C(=O)O)[C@@H]1CCn1ccnc1. The number of imidazole rings is 1. The number of nitrogens with zero attached hydrogens (tertiary/aromatic N) is 5. The molecule has 4 rings (SSSR count). The van der Waals surface area contributed by atoms with E-state index in [0.717, 1.165) is 50.9 Å². The molecule has 1 aromatic heterocycles. The van der Waals surface area contributed by atoms with E-state index in [-0.39, 0.29) is 31.2 Å². The van der Waals surface area contributed by atoms with Crippen LogP contribution in [0.15, 0.2) is 36.9 Å². The summed E-state index contributed by atoms with van der Waals surface area (Å²) in [5.74, 6) is -0.350. The summed E-state index contributed by atoms with van der Waals surface area (Å²) in [5.41, 5.74) is 0.903. The average molecular weight is 542 g/mol. The number of carbonyl (C=O) groups is 2. The number of aliphatic carboxylic acids is 1. The van der Waals surface area contributed by atoms with Gasteiger partial charge in [-0.1, -0.05) is 19.4 Å². The van der Waals surface area contributed by atoms with E-state index in [1.807, 2.05) is 33.9 Å². The number of ether oxygens (including phenoxy) is 2. The van der Waals surface area contributed by atoms with Crippen LogP contribution in [0.4, 0.5) is 0 Å². The van der Waals surface area contributed by atoms with Crippen LogP contribution < -0.4 is 9.47 Å². The minimum atomic E-state index is -0.838. The van der Waals surface area contributed by atoms with Gasteiger partial charge in [-0.25, -0.2) is 4.98 Å². The Morgan fingerprint density at radius 2 is 1.87 bits per heavy atom. The number of aryl methyl sites for hydroxylation is 1. The van der Waals surface area contributed by atoms with Crippen LogP contribution in [0.25, 0.3) is 0 Å². The van der Waals surface area contributed by atoms with Gasteiger partial charge >= 0.3 is 5.97 Å². The van der Waals surface area contributed by atoms with Crippen molar-refractivity contribution in [2.75, 3.05) is 53.6 Å². The summed E-state index contributed by atoms with van der Waals surface area (Å²) in [7, 11) is 4.12. The topological polar surface area (TPSA) is 100 Å². The number of fused-ring (bicyclic) bond motifs is 1. The molecule has 2 aliphatic heterocycles. The van der Waals surface area contributed by atoms with Gasteiger partial charge in [0, 0.05) is 50.5 Å². The molecule has 2 aliphatic rings. The van der Waals surface area contributed by atoms with Gasteiger partial charge in [-0.2, -0.15) is 0 Å². The Hall–Kier alpha value is -3.11. The molecule has 10 nitrogen and oxygen atoms in total. The summed E-state index contributed by atoms with van der Waals surface area (Å²) in [6.07, 6.45) is 9.93. The molecule has 10 heteroatoms. The number of aromatic nitrogens is 2. The molecule has 1 aromatic carbocycles. The normalized spacial score (nSPS) is 20.6. The van der Waals surface area contributed by atoms with Crippen molar-refractivity contribution < 1.29 is 24.2 Å². The Labute approximate surface area is 231 Å². The standard InChI is InChI=1S/C29H43N5O5/c1-4-5-13-33(14-7-6-12-31(2)3)27(35)19-34-18-23(22-8-9-25-26(17-22)39-21-38-25)28(29(36)37)24(34)10-15-32-16-11-30-20-32/h8-9,11,16-17,20,23-24,28H,4-7,10,12-15,18-19,21H2,1-3H3,(H,36,37)/t23-,24+,28-/m1/s1. The molecule has 0 saturated carbocycles. The number of likely N-dealkylation sites (tertiary alicyclic amines) is 1. The van der Waals surface area contributed by atoms with E-state index in [1.54, 1.807) is 12.5 Å². The lowest BCUT2D eigenvalue weighted by molar-refractivity contribution is -0.144. The molecule has 0 unspecified atom stereocenters. The van der Waals surface area contributed by atoms with Crippen LogP contribution in [-0.4, -0.2) is 101 Å². The van der Waals surface area contributed by atoms with Crippen LogP contribution in [-0.2, 0) is 16.1 Å². The molecule has 0 radical (unpaired) electrons. The van der Waals surface area contributed by atoms with Gasteiger partial charge in [0.25, 0.3) is 0 Å². The van der Waals surface area contributed by atoms with Gasteiger partial charge in [0.15, 0.2) is 11.5 Å². The fraction of sp³-hybridized carbons (Fsp3) is 0.621. The monoisotopic (exact) mass is 541 g/mol. The predicted octanol–water partition coefficient (Wildman–Crippen LogP) is 3.14. The van der Waals surface area contributed by atoms with Crippen molar-refractivity contribution in [2.24, 2.45) is 5.92 Å². The number of carboxylic acids is 1. The first-order chi connectivity index (χ1) is 18.9. The smallest absolute Gasteiger partial charge is 0.308 e. The number of amides is 1. The van der Waals surface area contributed by atoms with Crippen LogP contribution in [0.2, 0.25) is 0 Å². The van der Waals surface area contributed by atoms with Gasteiger partial charge in [-0.15, -0.1) is 0 Å². The number of unbranched alkanes of at least 4 members (excludes halogenated alkanes) is 2. The highest BCUT2D eigenvalue weighted by molar-refractivity contribution is 5.79. The molecule has 39 heavy (non-hydrogen) atoms. The Morgan fingerprint density at radius 3 is 2.59 bits per heavy atom. The lowest BCUT2D eigenvalue weighted by Gasteiger charge is -2.30. The largest absolute Gasteiger partial charge is 0.481 e. The van der Waals surface area contributed by atoms with E-state index in [1.165, 1.54) is 0 Å². The molecule has 2 aromatic rings. The molecule has 3 atom stereocenters. The third kappa shape index (κ3) is 7.51. The summed E-state index contributed by atoms with van der Waals surface area (Å²) < 4.78 is 13.0. The van der Waals surface area contributed by atoms with E-state index in [4.69, 9.17) is 9.47 Å². The number of carbonyl (C=O) groups excluding carboxylic acids is 1. The fourth-order valence-electron chi connectivity index (χ4n) is 5.75. The number of carboxylic acid groups (broad SMARTS) is 1. The Bertz CT molecular complexity index is 1080.